The third kappa shape index (κ3) is 4.03. The highest BCUT2D eigenvalue weighted by molar-refractivity contribution is 5.94. The van der Waals surface area contributed by atoms with Crippen LogP contribution in [0, 0.1) is 13.8 Å². The molecule has 1 aliphatic heterocycles. The molecule has 33 heavy (non-hydrogen) atoms. The Balaban J connectivity index is 1.71. The summed E-state index contributed by atoms with van der Waals surface area (Å²) >= 11 is 0. The van der Waals surface area contributed by atoms with Crippen molar-refractivity contribution < 1.29 is 4.79 Å². The van der Waals surface area contributed by atoms with Gasteiger partial charge in [-0.15, -0.1) is 0 Å². The lowest BCUT2D eigenvalue weighted by Gasteiger charge is -2.43. The summed E-state index contributed by atoms with van der Waals surface area (Å²) in [5.74, 6) is -0.261. The Morgan fingerprint density at radius 2 is 0.879 bits per heavy atom. The van der Waals surface area contributed by atoms with Crippen molar-refractivity contribution in [2.45, 2.75) is 37.8 Å². The standard InChI is InChI=1S/C31H29NO/c1-21-13-9-11-19-25(21)29-27(23-15-5-3-6-16-23)31(33)28(24-17-7-4-8-18-24)30(32-29)26-20-12-10-14-22(26)2/h3-20,27-30,32H,1-2H3/t27-,28+,29+,30-. The molecule has 2 nitrogen and oxygen atoms in total. The van der Waals surface area contributed by atoms with Gasteiger partial charge in [0, 0.05) is 12.1 Å². The van der Waals surface area contributed by atoms with Gasteiger partial charge in [0.1, 0.15) is 0 Å². The van der Waals surface area contributed by atoms with Gasteiger partial charge in [0.05, 0.1) is 11.8 Å². The molecule has 1 fully saturated rings. The van der Waals surface area contributed by atoms with Crippen molar-refractivity contribution in [3.63, 3.8) is 0 Å². The zero-order valence-corrected chi connectivity index (χ0v) is 19.1. The minimum Gasteiger partial charge on any atom is -0.301 e. The SMILES string of the molecule is Cc1ccccc1[C@H]1N[C@@H](c2ccccc2C)[C@@H](c2ccccc2)C(=O)[C@H]1c1ccccc1. The Morgan fingerprint density at radius 1 is 0.515 bits per heavy atom. The predicted molar refractivity (Wildman–Crippen MR) is 134 cm³/mol. The summed E-state index contributed by atoms with van der Waals surface area (Å²) in [6.07, 6.45) is 0. The van der Waals surface area contributed by atoms with Crippen LogP contribution in [0.15, 0.2) is 109 Å². The number of carbonyl (C=O) groups excluding carboxylic acids is 1. The van der Waals surface area contributed by atoms with Crippen LogP contribution in [0.3, 0.4) is 0 Å². The van der Waals surface area contributed by atoms with Gasteiger partial charge in [0.2, 0.25) is 0 Å². The molecule has 1 saturated heterocycles. The zero-order chi connectivity index (χ0) is 22.8. The number of benzene rings is 4. The summed E-state index contributed by atoms with van der Waals surface area (Å²) in [6.45, 7) is 4.27. The second kappa shape index (κ2) is 9.17. The molecule has 1 heterocycles. The smallest absolute Gasteiger partial charge is 0.151 e. The fourth-order valence-corrected chi connectivity index (χ4v) is 5.35. The van der Waals surface area contributed by atoms with Crippen LogP contribution in [0.25, 0.3) is 0 Å². The average molecular weight is 432 g/mol. The first-order chi connectivity index (χ1) is 16.1. The second-order valence-electron chi connectivity index (χ2n) is 9.01. The van der Waals surface area contributed by atoms with E-state index in [-0.39, 0.29) is 29.7 Å². The highest BCUT2D eigenvalue weighted by Gasteiger charge is 2.46. The summed E-state index contributed by atoms with van der Waals surface area (Å²) < 4.78 is 0. The van der Waals surface area contributed by atoms with Crippen LogP contribution >= 0.6 is 0 Å². The van der Waals surface area contributed by atoms with Crippen molar-refractivity contribution in [3.8, 4) is 0 Å². The minimum atomic E-state index is -0.266. The Labute approximate surface area is 196 Å². The van der Waals surface area contributed by atoms with Crippen molar-refractivity contribution in [1.29, 1.82) is 0 Å². The van der Waals surface area contributed by atoms with Crippen molar-refractivity contribution in [2.24, 2.45) is 0 Å². The molecule has 5 rings (SSSR count). The zero-order valence-electron chi connectivity index (χ0n) is 19.1. The van der Waals surface area contributed by atoms with Gasteiger partial charge in [-0.3, -0.25) is 4.79 Å². The maximum atomic E-state index is 14.5. The number of ketones is 1. The highest BCUT2D eigenvalue weighted by atomic mass is 16.1. The van der Waals surface area contributed by atoms with E-state index in [9.17, 15) is 4.79 Å². The molecule has 0 bridgehead atoms. The van der Waals surface area contributed by atoms with Crippen LogP contribution in [0.1, 0.15) is 57.3 Å². The van der Waals surface area contributed by atoms with Crippen molar-refractivity contribution >= 4 is 5.78 Å². The van der Waals surface area contributed by atoms with Crippen molar-refractivity contribution in [2.75, 3.05) is 0 Å². The summed E-state index contributed by atoms with van der Waals surface area (Å²) in [6, 6.07) is 37.1. The largest absolute Gasteiger partial charge is 0.301 e. The number of carbonyl (C=O) groups is 1. The summed E-state index contributed by atoms with van der Waals surface area (Å²) in [4.78, 5) is 14.5. The monoisotopic (exact) mass is 431 g/mol. The van der Waals surface area contributed by atoms with Gasteiger partial charge in [0.25, 0.3) is 0 Å². The summed E-state index contributed by atoms with van der Waals surface area (Å²) in [5, 5.41) is 3.97. The Kier molecular flexibility index (Phi) is 5.93. The molecule has 4 aromatic rings. The van der Waals surface area contributed by atoms with Gasteiger partial charge < -0.3 is 5.32 Å². The quantitative estimate of drug-likeness (QED) is 0.384. The van der Waals surface area contributed by atoms with E-state index in [1.807, 2.05) is 36.4 Å². The maximum Gasteiger partial charge on any atom is 0.151 e. The maximum absolute atomic E-state index is 14.5. The Morgan fingerprint density at radius 3 is 1.27 bits per heavy atom. The van der Waals surface area contributed by atoms with E-state index in [2.05, 4.69) is 92.0 Å². The average Bonchev–Trinajstić information content (AvgIpc) is 2.85. The number of nitrogens with one attached hydrogen (secondary N) is 1. The van der Waals surface area contributed by atoms with Gasteiger partial charge in [-0.2, -0.15) is 0 Å². The van der Waals surface area contributed by atoms with Gasteiger partial charge in [-0.05, 0) is 47.2 Å². The third-order valence-electron chi connectivity index (χ3n) is 7.00. The van der Waals surface area contributed by atoms with Crippen LogP contribution in [0.4, 0.5) is 0 Å². The van der Waals surface area contributed by atoms with Crippen LogP contribution < -0.4 is 5.32 Å². The first kappa shape index (κ1) is 21.4. The minimum absolute atomic E-state index is 0.106. The lowest BCUT2D eigenvalue weighted by molar-refractivity contribution is -0.125. The molecule has 0 saturated carbocycles. The number of Topliss-reactive ketones (excluding diaryl/α,β-unsaturated/α-hetero) is 1. The fourth-order valence-electron chi connectivity index (χ4n) is 5.35. The van der Waals surface area contributed by atoms with E-state index < -0.39 is 0 Å². The van der Waals surface area contributed by atoms with Gasteiger partial charge >= 0.3 is 0 Å². The molecule has 4 atom stereocenters. The number of hydrogen-bond acceptors (Lipinski definition) is 2. The topological polar surface area (TPSA) is 29.1 Å². The molecule has 0 aliphatic carbocycles. The molecule has 2 heteroatoms. The molecular weight excluding hydrogens is 402 g/mol. The molecule has 1 N–H and O–H groups in total. The first-order valence-corrected chi connectivity index (χ1v) is 11.7. The predicted octanol–water partition coefficient (Wildman–Crippen LogP) is 6.83. The van der Waals surface area contributed by atoms with Gasteiger partial charge in [-0.25, -0.2) is 0 Å². The molecule has 0 aromatic heterocycles. The molecule has 164 valence electrons. The lowest BCUT2D eigenvalue weighted by atomic mass is 9.69. The molecule has 0 amide bonds. The molecule has 0 radical (unpaired) electrons. The van der Waals surface area contributed by atoms with Crippen LogP contribution in [0.5, 0.6) is 0 Å². The van der Waals surface area contributed by atoms with E-state index in [0.29, 0.717) is 0 Å². The van der Waals surface area contributed by atoms with E-state index in [1.54, 1.807) is 0 Å². The molecule has 1 aliphatic rings. The summed E-state index contributed by atoms with van der Waals surface area (Å²) in [7, 11) is 0. The number of piperidine rings is 1. The molecule has 0 spiro atoms. The Bertz CT molecular complexity index is 1150. The fraction of sp³-hybridized carbons (Fsp3) is 0.194. The number of hydrogen-bond donors (Lipinski definition) is 1. The molecule has 4 aromatic carbocycles. The highest BCUT2D eigenvalue weighted by Crippen LogP contribution is 2.48. The number of rotatable bonds is 4. The summed E-state index contributed by atoms with van der Waals surface area (Å²) in [5.41, 5.74) is 6.89. The number of aryl methyl sites for hydroxylation is 2. The Hall–Kier alpha value is -3.49. The molecule has 0 unspecified atom stereocenters. The normalized spacial score (nSPS) is 22.8. The van der Waals surface area contributed by atoms with Crippen LogP contribution in [-0.4, -0.2) is 5.78 Å². The van der Waals surface area contributed by atoms with E-state index in [4.69, 9.17) is 0 Å². The van der Waals surface area contributed by atoms with Gasteiger partial charge in [-0.1, -0.05) is 109 Å². The van der Waals surface area contributed by atoms with Crippen LogP contribution in [0.2, 0.25) is 0 Å². The van der Waals surface area contributed by atoms with E-state index in [0.717, 1.165) is 11.1 Å². The molecular formula is C31H29NO. The second-order valence-corrected chi connectivity index (χ2v) is 9.01. The van der Waals surface area contributed by atoms with Gasteiger partial charge in [0.15, 0.2) is 5.78 Å². The van der Waals surface area contributed by atoms with Crippen molar-refractivity contribution in [3.05, 3.63) is 143 Å². The third-order valence-corrected chi connectivity index (χ3v) is 7.00. The van der Waals surface area contributed by atoms with E-state index in [1.165, 1.54) is 22.3 Å². The first-order valence-electron chi connectivity index (χ1n) is 11.7. The van der Waals surface area contributed by atoms with Crippen LogP contribution in [-0.2, 0) is 4.79 Å². The van der Waals surface area contributed by atoms with E-state index >= 15 is 0 Å². The van der Waals surface area contributed by atoms with Crippen molar-refractivity contribution in [1.82, 2.24) is 5.32 Å². The lowest BCUT2D eigenvalue weighted by Crippen LogP contribution is -2.46.